The number of hydrogen-bond acceptors (Lipinski definition) is 3. The van der Waals surface area contributed by atoms with E-state index in [0.717, 1.165) is 15.7 Å². The quantitative estimate of drug-likeness (QED) is 0.628. The molecule has 0 aliphatic carbocycles. The van der Waals surface area contributed by atoms with E-state index in [0.29, 0.717) is 0 Å². The van der Waals surface area contributed by atoms with Gasteiger partial charge in [-0.3, -0.25) is 5.43 Å². The lowest BCUT2D eigenvalue weighted by atomic mass is 10.1. The van der Waals surface area contributed by atoms with Gasteiger partial charge in [0.2, 0.25) is 0 Å². The largest absolute Gasteiger partial charge is 0.372 e. The Kier molecular flexibility index (Phi) is 4.78. The molecule has 1 fully saturated rings. The number of aryl methyl sites for hydroxylation is 1. The van der Waals surface area contributed by atoms with Gasteiger partial charge in [-0.15, -0.1) is 0 Å². The Morgan fingerprint density at radius 1 is 1.09 bits per heavy atom. The molecule has 1 heterocycles. The fourth-order valence-corrected chi connectivity index (χ4v) is 2.94. The fraction of sp³-hybridized carbons (Fsp3) is 0.278. The third-order valence-corrected chi connectivity index (χ3v) is 4.49. The van der Waals surface area contributed by atoms with Gasteiger partial charge in [-0.05, 0) is 67.3 Å². The van der Waals surface area contributed by atoms with Crippen molar-refractivity contribution in [2.45, 2.75) is 19.8 Å². The lowest BCUT2D eigenvalue weighted by Gasteiger charge is -2.18. The van der Waals surface area contributed by atoms with Crippen LogP contribution in [-0.2, 0) is 0 Å². The molecule has 22 heavy (non-hydrogen) atoms. The molecule has 1 saturated heterocycles. The number of rotatable bonds is 4. The SMILES string of the molecule is Cc1cc(N2CCCC2)ccc1/C=N\Nc1ccc(Br)cc1. The van der Waals surface area contributed by atoms with Gasteiger partial charge in [-0.25, -0.2) is 0 Å². The Hall–Kier alpha value is -1.81. The lowest BCUT2D eigenvalue weighted by molar-refractivity contribution is 0.949. The minimum atomic E-state index is 0.978. The smallest absolute Gasteiger partial charge is 0.0562 e. The van der Waals surface area contributed by atoms with Crippen molar-refractivity contribution >= 4 is 33.5 Å². The highest BCUT2D eigenvalue weighted by Gasteiger charge is 2.12. The Labute approximate surface area is 140 Å². The molecular formula is C18H20BrN3. The third-order valence-electron chi connectivity index (χ3n) is 3.97. The monoisotopic (exact) mass is 357 g/mol. The van der Waals surface area contributed by atoms with Gasteiger partial charge in [-0.1, -0.05) is 22.0 Å². The second-order valence-electron chi connectivity index (χ2n) is 5.61. The molecule has 0 amide bonds. The Balaban J connectivity index is 1.66. The molecule has 114 valence electrons. The highest BCUT2D eigenvalue weighted by molar-refractivity contribution is 9.10. The molecule has 1 aliphatic heterocycles. The van der Waals surface area contributed by atoms with E-state index in [2.05, 4.69) is 56.5 Å². The minimum absolute atomic E-state index is 0.978. The second kappa shape index (κ2) is 6.97. The molecule has 0 atom stereocenters. The van der Waals surface area contributed by atoms with Crippen molar-refractivity contribution in [3.63, 3.8) is 0 Å². The van der Waals surface area contributed by atoms with Crippen LogP contribution in [0.5, 0.6) is 0 Å². The Morgan fingerprint density at radius 2 is 1.82 bits per heavy atom. The number of nitrogens with zero attached hydrogens (tertiary/aromatic N) is 2. The van der Waals surface area contributed by atoms with Crippen LogP contribution < -0.4 is 10.3 Å². The minimum Gasteiger partial charge on any atom is -0.372 e. The van der Waals surface area contributed by atoms with E-state index in [1.54, 1.807) is 0 Å². The predicted molar refractivity (Wildman–Crippen MR) is 98.0 cm³/mol. The van der Waals surface area contributed by atoms with Crippen LogP contribution in [0.4, 0.5) is 11.4 Å². The summed E-state index contributed by atoms with van der Waals surface area (Å²) in [5.41, 5.74) is 7.76. The fourth-order valence-electron chi connectivity index (χ4n) is 2.68. The highest BCUT2D eigenvalue weighted by Crippen LogP contribution is 2.22. The highest BCUT2D eigenvalue weighted by atomic mass is 79.9. The standard InChI is InChI=1S/C18H20BrN3/c1-14-12-18(22-10-2-3-11-22)9-4-15(14)13-20-21-17-7-5-16(19)6-8-17/h4-9,12-13,21H,2-3,10-11H2,1H3/b20-13-. The Bertz CT molecular complexity index is 659. The molecule has 4 heteroatoms. The maximum Gasteiger partial charge on any atom is 0.0562 e. The summed E-state index contributed by atoms with van der Waals surface area (Å²) in [6.07, 6.45) is 4.49. The van der Waals surface area contributed by atoms with E-state index >= 15 is 0 Å². The molecule has 0 unspecified atom stereocenters. The van der Waals surface area contributed by atoms with Gasteiger partial charge in [0.1, 0.15) is 0 Å². The molecule has 1 N–H and O–H groups in total. The molecule has 0 aromatic heterocycles. The number of anilines is 2. The van der Waals surface area contributed by atoms with E-state index in [4.69, 9.17) is 0 Å². The van der Waals surface area contributed by atoms with Gasteiger partial charge in [0.05, 0.1) is 11.9 Å². The van der Waals surface area contributed by atoms with E-state index < -0.39 is 0 Å². The number of nitrogens with one attached hydrogen (secondary N) is 1. The average Bonchev–Trinajstić information content (AvgIpc) is 3.05. The van der Waals surface area contributed by atoms with Gasteiger partial charge >= 0.3 is 0 Å². The van der Waals surface area contributed by atoms with E-state index in [-0.39, 0.29) is 0 Å². The number of hydrogen-bond donors (Lipinski definition) is 1. The molecule has 0 bridgehead atoms. The molecule has 2 aromatic carbocycles. The third kappa shape index (κ3) is 3.69. The van der Waals surface area contributed by atoms with Crippen molar-refractivity contribution in [3.8, 4) is 0 Å². The van der Waals surface area contributed by atoms with Crippen LogP contribution in [0.1, 0.15) is 24.0 Å². The van der Waals surface area contributed by atoms with Crippen molar-refractivity contribution in [2.75, 3.05) is 23.4 Å². The molecule has 0 saturated carbocycles. The average molecular weight is 358 g/mol. The van der Waals surface area contributed by atoms with Gasteiger partial charge in [0.15, 0.2) is 0 Å². The molecule has 1 aliphatic rings. The van der Waals surface area contributed by atoms with Crippen LogP contribution in [0.2, 0.25) is 0 Å². The molecule has 3 nitrogen and oxygen atoms in total. The summed E-state index contributed by atoms with van der Waals surface area (Å²) in [5.74, 6) is 0. The van der Waals surface area contributed by atoms with E-state index in [1.165, 1.54) is 37.2 Å². The normalized spacial score (nSPS) is 14.7. The van der Waals surface area contributed by atoms with Crippen LogP contribution in [0.25, 0.3) is 0 Å². The van der Waals surface area contributed by atoms with Crippen LogP contribution in [0.15, 0.2) is 52.0 Å². The molecule has 0 radical (unpaired) electrons. The van der Waals surface area contributed by atoms with Gasteiger partial charge < -0.3 is 4.90 Å². The maximum absolute atomic E-state index is 4.33. The van der Waals surface area contributed by atoms with E-state index in [9.17, 15) is 0 Å². The first-order valence-corrected chi connectivity index (χ1v) is 8.42. The van der Waals surface area contributed by atoms with Crippen molar-refractivity contribution in [1.82, 2.24) is 0 Å². The lowest BCUT2D eigenvalue weighted by Crippen LogP contribution is -2.17. The Morgan fingerprint density at radius 3 is 2.50 bits per heavy atom. The van der Waals surface area contributed by atoms with Crippen molar-refractivity contribution in [2.24, 2.45) is 5.10 Å². The molecule has 0 spiro atoms. The summed E-state index contributed by atoms with van der Waals surface area (Å²) in [5, 5.41) is 4.33. The molecule has 2 aromatic rings. The number of hydrazone groups is 1. The topological polar surface area (TPSA) is 27.6 Å². The van der Waals surface area contributed by atoms with Crippen LogP contribution in [0, 0.1) is 6.92 Å². The summed E-state index contributed by atoms with van der Waals surface area (Å²) < 4.78 is 1.07. The first-order valence-electron chi connectivity index (χ1n) is 7.62. The summed E-state index contributed by atoms with van der Waals surface area (Å²) in [6, 6.07) is 14.6. The zero-order chi connectivity index (χ0) is 15.4. The molecule has 3 rings (SSSR count). The zero-order valence-corrected chi connectivity index (χ0v) is 14.3. The zero-order valence-electron chi connectivity index (χ0n) is 12.7. The first kappa shape index (κ1) is 15.1. The summed E-state index contributed by atoms with van der Waals surface area (Å²) in [6.45, 7) is 4.50. The summed E-state index contributed by atoms with van der Waals surface area (Å²) in [4.78, 5) is 2.45. The van der Waals surface area contributed by atoms with E-state index in [1.807, 2.05) is 30.5 Å². The van der Waals surface area contributed by atoms with Crippen LogP contribution >= 0.6 is 15.9 Å². The number of halogens is 1. The van der Waals surface area contributed by atoms with Crippen molar-refractivity contribution in [1.29, 1.82) is 0 Å². The van der Waals surface area contributed by atoms with Crippen molar-refractivity contribution in [3.05, 3.63) is 58.1 Å². The first-order chi connectivity index (χ1) is 10.7. The van der Waals surface area contributed by atoms with Crippen LogP contribution in [0.3, 0.4) is 0 Å². The predicted octanol–water partition coefficient (Wildman–Crippen LogP) is 4.80. The number of benzene rings is 2. The van der Waals surface area contributed by atoms with Gasteiger partial charge in [-0.2, -0.15) is 5.10 Å². The maximum atomic E-state index is 4.33. The van der Waals surface area contributed by atoms with Crippen molar-refractivity contribution < 1.29 is 0 Å². The molecular weight excluding hydrogens is 338 g/mol. The summed E-state index contributed by atoms with van der Waals surface area (Å²) in [7, 11) is 0. The van der Waals surface area contributed by atoms with Gasteiger partial charge in [0, 0.05) is 23.2 Å². The van der Waals surface area contributed by atoms with Gasteiger partial charge in [0.25, 0.3) is 0 Å². The summed E-state index contributed by atoms with van der Waals surface area (Å²) >= 11 is 3.42. The van der Waals surface area contributed by atoms with Crippen LogP contribution in [-0.4, -0.2) is 19.3 Å². The second-order valence-corrected chi connectivity index (χ2v) is 6.53.